The Kier molecular flexibility index (Phi) is 9.25. The number of carbonyl (C=O) groups excluding carboxylic acids is 2. The predicted molar refractivity (Wildman–Crippen MR) is 141 cm³/mol. The van der Waals surface area contributed by atoms with Gasteiger partial charge < -0.3 is 10.2 Å². The molecule has 1 N–H and O–H groups in total. The Morgan fingerprint density at radius 2 is 1.81 bits per heavy atom. The summed E-state index contributed by atoms with van der Waals surface area (Å²) in [6, 6.07) is 11.9. The molecular formula is C26H34N4O6S. The Morgan fingerprint density at radius 3 is 2.41 bits per heavy atom. The molecule has 11 heteroatoms. The minimum atomic E-state index is -3.98. The molecule has 1 aliphatic carbocycles. The maximum atomic E-state index is 13.8. The minimum absolute atomic E-state index is 0.00403. The fourth-order valence-corrected chi connectivity index (χ4v) is 5.47. The first-order valence-corrected chi connectivity index (χ1v) is 14.2. The lowest BCUT2D eigenvalue weighted by atomic mass is 10.1. The fourth-order valence-electron chi connectivity index (χ4n) is 4.63. The molecule has 10 nitrogen and oxygen atoms in total. The van der Waals surface area contributed by atoms with Crippen LogP contribution in [0.2, 0.25) is 0 Å². The van der Waals surface area contributed by atoms with Crippen molar-refractivity contribution in [3.8, 4) is 0 Å². The van der Waals surface area contributed by atoms with Crippen molar-refractivity contribution in [1.29, 1.82) is 0 Å². The minimum Gasteiger partial charge on any atom is -0.352 e. The summed E-state index contributed by atoms with van der Waals surface area (Å²) in [6.45, 7) is 3.24. The van der Waals surface area contributed by atoms with E-state index >= 15 is 0 Å². The number of nitro groups is 1. The Labute approximate surface area is 217 Å². The molecule has 0 aliphatic heterocycles. The smallest absolute Gasteiger partial charge is 0.271 e. The molecule has 200 valence electrons. The quantitative estimate of drug-likeness (QED) is 0.349. The Bertz CT molecular complexity index is 1240. The number of nitrogens with zero attached hydrogens (tertiary/aromatic N) is 3. The molecule has 0 saturated heterocycles. The monoisotopic (exact) mass is 530 g/mol. The van der Waals surface area contributed by atoms with Gasteiger partial charge in [0.1, 0.15) is 12.6 Å². The first kappa shape index (κ1) is 28.1. The number of nitro benzene ring substituents is 1. The van der Waals surface area contributed by atoms with Gasteiger partial charge in [-0.2, -0.15) is 0 Å². The van der Waals surface area contributed by atoms with E-state index in [1.807, 2.05) is 38.1 Å². The van der Waals surface area contributed by atoms with Crippen molar-refractivity contribution in [2.75, 3.05) is 17.1 Å². The fraction of sp³-hybridized carbons (Fsp3) is 0.462. The zero-order valence-electron chi connectivity index (χ0n) is 21.4. The number of carbonyl (C=O) groups is 2. The SMILES string of the molecule is CC[C@@H](C(=O)NC1CCCC1)N(Cc1ccccc1C)C(=O)CN(c1cccc([N+](=O)[O-])c1)S(C)(=O)=O. The molecule has 1 atom stereocenters. The molecule has 1 saturated carbocycles. The Balaban J connectivity index is 1.95. The van der Waals surface area contributed by atoms with E-state index in [1.54, 1.807) is 0 Å². The van der Waals surface area contributed by atoms with Crippen LogP contribution in [0.4, 0.5) is 11.4 Å². The molecule has 2 aromatic rings. The van der Waals surface area contributed by atoms with Crippen LogP contribution in [-0.4, -0.2) is 54.9 Å². The average molecular weight is 531 g/mol. The van der Waals surface area contributed by atoms with Gasteiger partial charge in [-0.1, -0.05) is 50.1 Å². The third kappa shape index (κ3) is 7.28. The van der Waals surface area contributed by atoms with Gasteiger partial charge in [-0.3, -0.25) is 24.0 Å². The topological polar surface area (TPSA) is 130 Å². The van der Waals surface area contributed by atoms with Crippen molar-refractivity contribution >= 4 is 33.2 Å². The third-order valence-electron chi connectivity index (χ3n) is 6.70. The van der Waals surface area contributed by atoms with Crippen LogP contribution in [0.25, 0.3) is 0 Å². The third-order valence-corrected chi connectivity index (χ3v) is 7.84. The molecule has 2 aromatic carbocycles. The standard InChI is InChI=1S/C26H34N4O6S/c1-4-24(26(32)27-21-12-7-8-13-21)28(17-20-11-6-5-10-19(20)2)25(31)18-29(37(3,35)36)22-14-9-15-23(16-22)30(33)34/h5-6,9-11,14-16,21,24H,4,7-8,12-13,17-18H2,1-3H3,(H,27,32)/t24-/m0/s1. The van der Waals surface area contributed by atoms with Gasteiger partial charge in [-0.05, 0) is 43.4 Å². The molecule has 2 amide bonds. The zero-order valence-corrected chi connectivity index (χ0v) is 22.2. The van der Waals surface area contributed by atoms with Gasteiger partial charge in [0, 0.05) is 24.7 Å². The number of amides is 2. The molecule has 0 aromatic heterocycles. The highest BCUT2D eigenvalue weighted by Gasteiger charge is 2.33. The molecule has 0 spiro atoms. The van der Waals surface area contributed by atoms with Crippen LogP contribution in [0.5, 0.6) is 0 Å². The molecule has 0 heterocycles. The van der Waals surface area contributed by atoms with Crippen LogP contribution >= 0.6 is 0 Å². The summed E-state index contributed by atoms with van der Waals surface area (Å²) in [5.41, 5.74) is 1.48. The number of nitrogens with one attached hydrogen (secondary N) is 1. The molecule has 3 rings (SSSR count). The molecule has 0 radical (unpaired) electrons. The number of aryl methyl sites for hydroxylation is 1. The summed E-state index contributed by atoms with van der Waals surface area (Å²) in [7, 11) is -3.98. The van der Waals surface area contributed by atoms with E-state index in [2.05, 4.69) is 5.32 Å². The Hall–Kier alpha value is -3.47. The second kappa shape index (κ2) is 12.2. The highest BCUT2D eigenvalue weighted by Crippen LogP contribution is 2.25. The zero-order chi connectivity index (χ0) is 27.2. The first-order valence-electron chi connectivity index (χ1n) is 12.4. The van der Waals surface area contributed by atoms with Crippen LogP contribution in [0, 0.1) is 17.0 Å². The highest BCUT2D eigenvalue weighted by atomic mass is 32.2. The van der Waals surface area contributed by atoms with E-state index in [9.17, 15) is 28.1 Å². The van der Waals surface area contributed by atoms with Crippen molar-refractivity contribution in [3.63, 3.8) is 0 Å². The normalized spacial score (nSPS) is 14.7. The summed E-state index contributed by atoms with van der Waals surface area (Å²) in [4.78, 5) is 39.1. The van der Waals surface area contributed by atoms with Gasteiger partial charge in [-0.15, -0.1) is 0 Å². The van der Waals surface area contributed by atoms with Crippen molar-refractivity contribution in [1.82, 2.24) is 10.2 Å². The van der Waals surface area contributed by atoms with Crippen LogP contribution in [0.15, 0.2) is 48.5 Å². The molecule has 1 fully saturated rings. The number of non-ortho nitro benzene ring substituents is 1. The molecule has 0 bridgehead atoms. The van der Waals surface area contributed by atoms with E-state index in [-0.39, 0.29) is 29.9 Å². The van der Waals surface area contributed by atoms with Gasteiger partial charge in [0.25, 0.3) is 5.69 Å². The number of hydrogen-bond acceptors (Lipinski definition) is 6. The van der Waals surface area contributed by atoms with Gasteiger partial charge >= 0.3 is 0 Å². The van der Waals surface area contributed by atoms with E-state index in [0.717, 1.165) is 53.4 Å². The first-order chi connectivity index (χ1) is 17.5. The lowest BCUT2D eigenvalue weighted by Crippen LogP contribution is -2.53. The van der Waals surface area contributed by atoms with E-state index in [4.69, 9.17) is 0 Å². The van der Waals surface area contributed by atoms with Crippen molar-refractivity contribution in [2.24, 2.45) is 0 Å². The molecule has 0 unspecified atom stereocenters. The number of sulfonamides is 1. The van der Waals surface area contributed by atoms with Gasteiger partial charge in [0.15, 0.2) is 0 Å². The molecule has 1 aliphatic rings. The summed E-state index contributed by atoms with van der Waals surface area (Å²) >= 11 is 0. The van der Waals surface area contributed by atoms with Crippen LogP contribution in [0.1, 0.15) is 50.2 Å². The maximum Gasteiger partial charge on any atom is 0.271 e. The van der Waals surface area contributed by atoms with Gasteiger partial charge in [-0.25, -0.2) is 8.42 Å². The highest BCUT2D eigenvalue weighted by molar-refractivity contribution is 7.92. The number of hydrogen-bond donors (Lipinski definition) is 1. The average Bonchev–Trinajstić information content (AvgIpc) is 3.35. The van der Waals surface area contributed by atoms with E-state index < -0.39 is 33.4 Å². The molecule has 37 heavy (non-hydrogen) atoms. The number of anilines is 1. The number of benzene rings is 2. The Morgan fingerprint density at radius 1 is 1.14 bits per heavy atom. The van der Waals surface area contributed by atoms with Gasteiger partial charge in [0.05, 0.1) is 16.9 Å². The summed E-state index contributed by atoms with van der Waals surface area (Å²) in [6.07, 6.45) is 5.14. The largest absolute Gasteiger partial charge is 0.352 e. The second-order valence-electron chi connectivity index (χ2n) is 9.41. The van der Waals surface area contributed by atoms with Crippen molar-refractivity contribution in [3.05, 3.63) is 69.8 Å². The van der Waals surface area contributed by atoms with Crippen LogP contribution in [0.3, 0.4) is 0 Å². The summed E-state index contributed by atoms with van der Waals surface area (Å²) < 4.78 is 26.2. The maximum absolute atomic E-state index is 13.8. The summed E-state index contributed by atoms with van der Waals surface area (Å²) in [5.74, 6) is -0.841. The molecular weight excluding hydrogens is 496 g/mol. The number of rotatable bonds is 11. The van der Waals surface area contributed by atoms with E-state index in [1.165, 1.54) is 23.1 Å². The lowest BCUT2D eigenvalue weighted by molar-refractivity contribution is -0.384. The van der Waals surface area contributed by atoms with Crippen molar-refractivity contribution < 1.29 is 22.9 Å². The second-order valence-corrected chi connectivity index (χ2v) is 11.3. The van der Waals surface area contributed by atoms with E-state index in [0.29, 0.717) is 6.42 Å². The van der Waals surface area contributed by atoms with Gasteiger partial charge in [0.2, 0.25) is 21.8 Å². The van der Waals surface area contributed by atoms with Crippen LogP contribution < -0.4 is 9.62 Å². The summed E-state index contributed by atoms with van der Waals surface area (Å²) in [5, 5.41) is 14.3. The van der Waals surface area contributed by atoms with Crippen LogP contribution in [-0.2, 0) is 26.2 Å². The lowest BCUT2D eigenvalue weighted by Gasteiger charge is -2.33. The predicted octanol–water partition coefficient (Wildman–Crippen LogP) is 3.54. The van der Waals surface area contributed by atoms with Crippen molar-refractivity contribution in [2.45, 2.75) is 64.6 Å².